The maximum absolute atomic E-state index is 5.38. The summed E-state index contributed by atoms with van der Waals surface area (Å²) >= 11 is 0. The van der Waals surface area contributed by atoms with Crippen molar-refractivity contribution in [3.63, 3.8) is 0 Å². The number of hydrogen-bond acceptors (Lipinski definition) is 3. The highest BCUT2D eigenvalue weighted by Crippen LogP contribution is 2.55. The van der Waals surface area contributed by atoms with Gasteiger partial charge in [0.25, 0.3) is 0 Å². The van der Waals surface area contributed by atoms with Gasteiger partial charge < -0.3 is 14.2 Å². The minimum Gasteiger partial charge on any atom is -0.367 e. The van der Waals surface area contributed by atoms with Crippen LogP contribution in [0.2, 0.25) is 0 Å². The highest BCUT2D eigenvalue weighted by Gasteiger charge is 2.74. The molecule has 3 heteroatoms. The summed E-state index contributed by atoms with van der Waals surface area (Å²) < 4.78 is 15.8. The number of rotatable bonds is 0. The molecule has 2 unspecified atom stereocenters. The van der Waals surface area contributed by atoms with E-state index in [9.17, 15) is 0 Å². The van der Waals surface area contributed by atoms with E-state index in [0.29, 0.717) is 0 Å². The summed E-state index contributed by atoms with van der Waals surface area (Å²) in [6.45, 7) is 2.37. The van der Waals surface area contributed by atoms with Gasteiger partial charge in [0.05, 0.1) is 13.2 Å². The van der Waals surface area contributed by atoms with Gasteiger partial charge in [0.1, 0.15) is 12.2 Å². The molecule has 0 radical (unpaired) electrons. The Labute approximate surface area is 52.9 Å². The molecule has 9 heavy (non-hydrogen) atoms. The third-order valence-electron chi connectivity index (χ3n) is 2.52. The van der Waals surface area contributed by atoms with Crippen molar-refractivity contribution in [2.75, 3.05) is 19.8 Å². The lowest BCUT2D eigenvalue weighted by Crippen LogP contribution is -2.68. The molecule has 0 amide bonds. The van der Waals surface area contributed by atoms with E-state index < -0.39 is 0 Å². The lowest BCUT2D eigenvalue weighted by atomic mass is 9.85. The predicted molar refractivity (Wildman–Crippen MR) is 27.9 cm³/mol. The summed E-state index contributed by atoms with van der Waals surface area (Å²) in [5.74, 6) is -0.259. The van der Waals surface area contributed by atoms with Crippen LogP contribution in [0.25, 0.3) is 0 Å². The first-order valence-electron chi connectivity index (χ1n) is 3.29. The molecule has 3 aliphatic heterocycles. The Hall–Kier alpha value is -0.120. The van der Waals surface area contributed by atoms with Crippen LogP contribution in [-0.2, 0) is 14.2 Å². The number of fused-ring (bicyclic) bond motifs is 1. The van der Waals surface area contributed by atoms with E-state index in [1.165, 1.54) is 0 Å². The third-order valence-corrected chi connectivity index (χ3v) is 2.52. The van der Waals surface area contributed by atoms with Crippen molar-refractivity contribution in [2.24, 2.45) is 0 Å². The lowest BCUT2D eigenvalue weighted by molar-refractivity contribution is -0.361. The van der Waals surface area contributed by atoms with Crippen molar-refractivity contribution in [3.8, 4) is 0 Å². The first kappa shape index (κ1) is 4.66. The largest absolute Gasteiger partial charge is 0.367 e. The molecule has 3 heterocycles. The van der Waals surface area contributed by atoms with E-state index in [0.717, 1.165) is 26.2 Å². The number of epoxide rings is 1. The van der Waals surface area contributed by atoms with Crippen molar-refractivity contribution in [1.29, 1.82) is 0 Å². The van der Waals surface area contributed by atoms with Gasteiger partial charge in [-0.3, -0.25) is 0 Å². The van der Waals surface area contributed by atoms with Crippen LogP contribution in [0.15, 0.2) is 0 Å². The molecule has 3 fully saturated rings. The van der Waals surface area contributed by atoms with Crippen molar-refractivity contribution in [1.82, 2.24) is 0 Å². The van der Waals surface area contributed by atoms with E-state index in [2.05, 4.69) is 0 Å². The van der Waals surface area contributed by atoms with E-state index in [4.69, 9.17) is 14.2 Å². The Morgan fingerprint density at radius 3 is 1.89 bits per heavy atom. The Balaban J connectivity index is 1.91. The summed E-state index contributed by atoms with van der Waals surface area (Å²) in [4.78, 5) is 0. The van der Waals surface area contributed by atoms with Crippen LogP contribution >= 0.6 is 0 Å². The molecule has 0 aromatic heterocycles. The van der Waals surface area contributed by atoms with Gasteiger partial charge in [-0.25, -0.2) is 0 Å². The molecule has 2 atom stereocenters. The SMILES string of the molecule is C1CC2(COC23CO3)O1. The zero-order valence-electron chi connectivity index (χ0n) is 5.05. The first-order valence-corrected chi connectivity index (χ1v) is 3.29. The maximum atomic E-state index is 5.38. The second-order valence-electron chi connectivity index (χ2n) is 2.92. The summed E-state index contributed by atoms with van der Waals surface area (Å²) in [5, 5.41) is 0. The molecule has 3 saturated heterocycles. The highest BCUT2D eigenvalue weighted by atomic mass is 16.8. The molecule has 2 spiro atoms. The van der Waals surface area contributed by atoms with Gasteiger partial charge >= 0.3 is 0 Å². The average Bonchev–Trinajstić information content (AvgIpc) is 2.34. The van der Waals surface area contributed by atoms with Gasteiger partial charge in [0.2, 0.25) is 5.79 Å². The van der Waals surface area contributed by atoms with Crippen LogP contribution in [0, 0.1) is 0 Å². The first-order chi connectivity index (χ1) is 4.37. The molecular weight excluding hydrogens is 120 g/mol. The van der Waals surface area contributed by atoms with E-state index in [1.54, 1.807) is 0 Å². The predicted octanol–water partition coefficient (Wildman–Crippen LogP) is -0.0978. The van der Waals surface area contributed by atoms with Crippen molar-refractivity contribution >= 4 is 0 Å². The van der Waals surface area contributed by atoms with Gasteiger partial charge in [-0.05, 0) is 0 Å². The van der Waals surface area contributed by atoms with Gasteiger partial charge in [0, 0.05) is 6.42 Å². The average molecular weight is 128 g/mol. The zero-order chi connectivity index (χ0) is 5.95. The lowest BCUT2D eigenvalue weighted by Gasteiger charge is -2.52. The molecule has 3 aliphatic rings. The summed E-state index contributed by atoms with van der Waals surface area (Å²) in [6.07, 6.45) is 1.12. The minimum absolute atomic E-state index is 0.00694. The maximum Gasteiger partial charge on any atom is 0.224 e. The fraction of sp³-hybridized carbons (Fsp3) is 1.00. The number of ether oxygens (including phenoxy) is 3. The van der Waals surface area contributed by atoms with Crippen LogP contribution in [0.5, 0.6) is 0 Å². The molecule has 0 saturated carbocycles. The summed E-state index contributed by atoms with van der Waals surface area (Å²) in [6, 6.07) is 0. The standard InChI is InChI=1S/C6H8O3/c1-2-7-5(1)3-8-6(5)4-9-6/h1-4H2. The van der Waals surface area contributed by atoms with Crippen LogP contribution in [0.1, 0.15) is 6.42 Å². The fourth-order valence-corrected chi connectivity index (χ4v) is 1.57. The molecule has 3 nitrogen and oxygen atoms in total. The topological polar surface area (TPSA) is 31.0 Å². The van der Waals surface area contributed by atoms with E-state index >= 15 is 0 Å². The summed E-state index contributed by atoms with van der Waals surface area (Å²) in [5.41, 5.74) is 0.00694. The Bertz CT molecular complexity index is 152. The van der Waals surface area contributed by atoms with E-state index in [-0.39, 0.29) is 11.4 Å². The normalized spacial score (nSPS) is 61.3. The van der Waals surface area contributed by atoms with Crippen molar-refractivity contribution in [2.45, 2.75) is 17.8 Å². The molecule has 3 rings (SSSR count). The summed E-state index contributed by atoms with van der Waals surface area (Å²) in [7, 11) is 0. The fourth-order valence-electron chi connectivity index (χ4n) is 1.57. The highest BCUT2D eigenvalue weighted by molar-refractivity contribution is 5.14. The molecule has 0 bridgehead atoms. The second-order valence-corrected chi connectivity index (χ2v) is 2.92. The van der Waals surface area contributed by atoms with Gasteiger partial charge in [-0.2, -0.15) is 0 Å². The van der Waals surface area contributed by atoms with Crippen molar-refractivity contribution < 1.29 is 14.2 Å². The second kappa shape index (κ2) is 1.05. The van der Waals surface area contributed by atoms with Crippen LogP contribution in [0.4, 0.5) is 0 Å². The van der Waals surface area contributed by atoms with Gasteiger partial charge in [0.15, 0.2) is 0 Å². The monoisotopic (exact) mass is 128 g/mol. The third kappa shape index (κ3) is 0.327. The van der Waals surface area contributed by atoms with Crippen LogP contribution in [0.3, 0.4) is 0 Å². The smallest absolute Gasteiger partial charge is 0.224 e. The molecule has 0 aromatic carbocycles. The Morgan fingerprint density at radius 2 is 1.78 bits per heavy atom. The van der Waals surface area contributed by atoms with Crippen LogP contribution < -0.4 is 0 Å². The van der Waals surface area contributed by atoms with Gasteiger partial charge in [-0.15, -0.1) is 0 Å². The zero-order valence-corrected chi connectivity index (χ0v) is 5.05. The Kier molecular flexibility index (Phi) is 0.542. The molecule has 50 valence electrons. The minimum atomic E-state index is -0.259. The molecule has 0 N–H and O–H groups in total. The van der Waals surface area contributed by atoms with Crippen LogP contribution in [-0.4, -0.2) is 31.2 Å². The van der Waals surface area contributed by atoms with Gasteiger partial charge in [-0.1, -0.05) is 0 Å². The molecular formula is C6H8O3. The van der Waals surface area contributed by atoms with Crippen molar-refractivity contribution in [3.05, 3.63) is 0 Å². The number of hydrogen-bond donors (Lipinski definition) is 0. The van der Waals surface area contributed by atoms with E-state index in [1.807, 2.05) is 0 Å². The molecule has 0 aromatic rings. The quantitative estimate of drug-likeness (QED) is 0.427. The molecule has 0 aliphatic carbocycles. The Morgan fingerprint density at radius 1 is 1.00 bits per heavy atom.